The quantitative estimate of drug-likeness (QED) is 0.372. The number of Topliss-reactive ketones (excluding diaryl/α,β-unsaturated/α-hetero) is 1. The van der Waals surface area contributed by atoms with Gasteiger partial charge in [-0.2, -0.15) is 4.73 Å². The first-order valence-electron chi connectivity index (χ1n) is 5.99. The molecule has 1 aromatic carbocycles. The summed E-state index contributed by atoms with van der Waals surface area (Å²) in [6.07, 6.45) is 1.43. The summed E-state index contributed by atoms with van der Waals surface area (Å²) in [7, 11) is 0. The van der Waals surface area contributed by atoms with Gasteiger partial charge in [0.1, 0.15) is 0 Å². The Morgan fingerprint density at radius 3 is 2.74 bits per heavy atom. The number of hydrogen-bond donors (Lipinski definition) is 0. The van der Waals surface area contributed by atoms with E-state index in [1.54, 1.807) is 18.2 Å². The monoisotopic (exact) mass is 273 g/mol. The van der Waals surface area contributed by atoms with Crippen molar-refractivity contribution in [2.45, 2.75) is 18.9 Å². The van der Waals surface area contributed by atoms with Crippen molar-refractivity contribution >= 4 is 17.5 Å². The smallest absolute Gasteiger partial charge is 0.251 e. The number of hydrogen-bond acceptors (Lipinski definition) is 3. The first-order chi connectivity index (χ1) is 9.08. The first-order valence-corrected chi connectivity index (χ1v) is 6.98. The molecule has 0 aliphatic heterocycles. The Bertz CT molecular complexity index is 611. The Labute approximate surface area is 116 Å². The number of nitrogens with zero attached hydrogens (tertiary/aromatic N) is 1. The van der Waals surface area contributed by atoms with Crippen LogP contribution in [0.1, 0.15) is 21.5 Å². The zero-order valence-corrected chi connectivity index (χ0v) is 11.7. The van der Waals surface area contributed by atoms with Gasteiger partial charge in [-0.25, -0.2) is 0 Å². The maximum absolute atomic E-state index is 12.1. The Balaban J connectivity index is 2.08. The summed E-state index contributed by atoms with van der Waals surface area (Å²) in [5.41, 5.74) is 2.85. The molecule has 0 unspecified atom stereocenters. The summed E-state index contributed by atoms with van der Waals surface area (Å²) in [6.45, 7) is 3.93. The average Bonchev–Trinajstić information content (AvgIpc) is 2.37. The molecule has 0 radical (unpaired) electrons. The van der Waals surface area contributed by atoms with E-state index >= 15 is 0 Å². The minimum atomic E-state index is 0.0475. The molecule has 19 heavy (non-hydrogen) atoms. The molecule has 0 saturated carbocycles. The van der Waals surface area contributed by atoms with Gasteiger partial charge in [-0.3, -0.25) is 4.79 Å². The van der Waals surface area contributed by atoms with E-state index in [-0.39, 0.29) is 11.5 Å². The van der Waals surface area contributed by atoms with Crippen LogP contribution in [0.5, 0.6) is 0 Å². The molecule has 2 aromatic rings. The molecule has 0 spiro atoms. The molecule has 2 rings (SSSR count). The summed E-state index contributed by atoms with van der Waals surface area (Å²) in [6, 6.07) is 11.0. The van der Waals surface area contributed by atoms with Crippen LogP contribution in [0.3, 0.4) is 0 Å². The number of benzene rings is 1. The summed E-state index contributed by atoms with van der Waals surface area (Å²) >= 11 is 1.26. The summed E-state index contributed by atoms with van der Waals surface area (Å²) < 4.78 is 0.778. The predicted molar refractivity (Wildman–Crippen MR) is 76.4 cm³/mol. The molecular formula is C15H15NO2S. The van der Waals surface area contributed by atoms with Crippen molar-refractivity contribution in [1.82, 2.24) is 0 Å². The lowest BCUT2D eigenvalue weighted by molar-refractivity contribution is -0.645. The van der Waals surface area contributed by atoms with Gasteiger partial charge in [-0.15, -0.1) is 0 Å². The van der Waals surface area contributed by atoms with Crippen LogP contribution in [0.25, 0.3) is 0 Å². The standard InChI is InChI=1S/C15H15NO2S/c1-11-6-7-13(12(2)9-11)14(17)10-19-15-5-3-4-8-16(15)18/h3-9H,10H2,1-2H3. The normalized spacial score (nSPS) is 10.4. The fourth-order valence-corrected chi connectivity index (χ4v) is 2.67. The molecule has 0 fully saturated rings. The van der Waals surface area contributed by atoms with Crippen LogP contribution in [0, 0.1) is 19.1 Å². The van der Waals surface area contributed by atoms with Crippen molar-refractivity contribution in [3.63, 3.8) is 0 Å². The molecule has 0 bridgehead atoms. The second kappa shape index (κ2) is 5.89. The molecule has 0 N–H and O–H groups in total. The fourth-order valence-electron chi connectivity index (χ4n) is 1.87. The molecule has 0 saturated heterocycles. The Kier molecular flexibility index (Phi) is 4.22. The third kappa shape index (κ3) is 3.35. The van der Waals surface area contributed by atoms with Crippen LogP contribution in [-0.2, 0) is 0 Å². The van der Waals surface area contributed by atoms with Gasteiger partial charge in [0.05, 0.1) is 5.75 Å². The lowest BCUT2D eigenvalue weighted by atomic mass is 10.0. The Morgan fingerprint density at radius 2 is 2.05 bits per heavy atom. The number of rotatable bonds is 4. The lowest BCUT2D eigenvalue weighted by Crippen LogP contribution is -2.28. The number of pyridine rings is 1. The van der Waals surface area contributed by atoms with Crippen molar-refractivity contribution in [1.29, 1.82) is 0 Å². The number of aryl methyl sites for hydroxylation is 2. The molecule has 3 nitrogen and oxygen atoms in total. The van der Waals surface area contributed by atoms with E-state index < -0.39 is 0 Å². The third-order valence-electron chi connectivity index (χ3n) is 2.82. The molecular weight excluding hydrogens is 258 g/mol. The first kappa shape index (κ1) is 13.6. The average molecular weight is 273 g/mol. The van der Waals surface area contributed by atoms with Crippen molar-refractivity contribution in [3.8, 4) is 0 Å². The lowest BCUT2D eigenvalue weighted by Gasteiger charge is -2.06. The minimum Gasteiger partial charge on any atom is -0.618 e. The van der Waals surface area contributed by atoms with Crippen LogP contribution in [0.4, 0.5) is 0 Å². The van der Waals surface area contributed by atoms with E-state index in [1.807, 2.05) is 32.0 Å². The van der Waals surface area contributed by atoms with Gasteiger partial charge >= 0.3 is 0 Å². The molecule has 0 aliphatic rings. The molecule has 0 atom stereocenters. The van der Waals surface area contributed by atoms with Gasteiger partial charge in [0.15, 0.2) is 12.0 Å². The molecule has 4 heteroatoms. The number of carbonyl (C=O) groups excluding carboxylic acids is 1. The highest BCUT2D eigenvalue weighted by molar-refractivity contribution is 7.99. The maximum atomic E-state index is 12.1. The zero-order chi connectivity index (χ0) is 13.8. The van der Waals surface area contributed by atoms with Crippen molar-refractivity contribution in [2.24, 2.45) is 0 Å². The second-order valence-electron chi connectivity index (χ2n) is 4.39. The van der Waals surface area contributed by atoms with Crippen molar-refractivity contribution in [2.75, 3.05) is 5.75 Å². The number of carbonyl (C=O) groups is 1. The van der Waals surface area contributed by atoms with Gasteiger partial charge in [0.2, 0.25) is 0 Å². The topological polar surface area (TPSA) is 44.0 Å². The van der Waals surface area contributed by atoms with E-state index in [2.05, 4.69) is 0 Å². The highest BCUT2D eigenvalue weighted by Gasteiger charge is 2.12. The maximum Gasteiger partial charge on any atom is 0.251 e. The minimum absolute atomic E-state index is 0.0475. The SMILES string of the molecule is Cc1ccc(C(=O)CSc2cccc[n+]2[O-])c(C)c1. The van der Waals surface area contributed by atoms with E-state index in [1.165, 1.54) is 18.0 Å². The number of thioether (sulfide) groups is 1. The molecule has 0 amide bonds. The zero-order valence-electron chi connectivity index (χ0n) is 10.9. The fraction of sp³-hybridized carbons (Fsp3) is 0.200. The van der Waals surface area contributed by atoms with Gasteiger partial charge in [0.25, 0.3) is 5.03 Å². The van der Waals surface area contributed by atoms with Crippen molar-refractivity contribution < 1.29 is 9.52 Å². The summed E-state index contributed by atoms with van der Waals surface area (Å²) in [5.74, 6) is 0.322. The summed E-state index contributed by atoms with van der Waals surface area (Å²) in [5, 5.41) is 12.0. The molecule has 98 valence electrons. The highest BCUT2D eigenvalue weighted by atomic mass is 32.2. The van der Waals surface area contributed by atoms with E-state index in [0.717, 1.165) is 21.4 Å². The van der Waals surface area contributed by atoms with Crippen LogP contribution in [-0.4, -0.2) is 11.5 Å². The van der Waals surface area contributed by atoms with Crippen LogP contribution < -0.4 is 4.73 Å². The highest BCUT2D eigenvalue weighted by Crippen LogP contribution is 2.17. The molecule has 0 aliphatic carbocycles. The van der Waals surface area contributed by atoms with Gasteiger partial charge in [0, 0.05) is 17.7 Å². The van der Waals surface area contributed by atoms with Crippen LogP contribution in [0.15, 0.2) is 47.6 Å². The predicted octanol–water partition coefficient (Wildman–Crippen LogP) is 2.91. The van der Waals surface area contributed by atoms with Gasteiger partial charge in [-0.05, 0) is 37.2 Å². The van der Waals surface area contributed by atoms with E-state index in [0.29, 0.717) is 5.03 Å². The number of ketones is 1. The van der Waals surface area contributed by atoms with E-state index in [9.17, 15) is 10.0 Å². The Morgan fingerprint density at radius 1 is 1.26 bits per heavy atom. The molecule has 1 heterocycles. The largest absolute Gasteiger partial charge is 0.618 e. The van der Waals surface area contributed by atoms with Crippen LogP contribution >= 0.6 is 11.8 Å². The third-order valence-corrected chi connectivity index (χ3v) is 3.84. The van der Waals surface area contributed by atoms with Crippen molar-refractivity contribution in [3.05, 3.63) is 64.5 Å². The van der Waals surface area contributed by atoms with Gasteiger partial charge < -0.3 is 5.21 Å². The number of aromatic nitrogens is 1. The van der Waals surface area contributed by atoms with Crippen LogP contribution in [0.2, 0.25) is 0 Å². The molecule has 1 aromatic heterocycles. The Hall–Kier alpha value is -1.81. The van der Waals surface area contributed by atoms with Gasteiger partial charge in [-0.1, -0.05) is 23.8 Å². The van der Waals surface area contributed by atoms with E-state index in [4.69, 9.17) is 0 Å². The summed E-state index contributed by atoms with van der Waals surface area (Å²) in [4.78, 5) is 12.1. The second-order valence-corrected chi connectivity index (χ2v) is 5.39.